The van der Waals surface area contributed by atoms with Crippen LogP contribution in [0.5, 0.6) is 0 Å². The molecule has 0 saturated carbocycles. The maximum absolute atomic E-state index is 13.5. The Hall–Kier alpha value is -1.31. The maximum atomic E-state index is 13.5. The number of aryl methyl sites for hydroxylation is 1. The van der Waals surface area contributed by atoms with Crippen LogP contribution >= 0.6 is 22.6 Å². The van der Waals surface area contributed by atoms with Gasteiger partial charge >= 0.3 is 0 Å². The molecule has 0 spiro atoms. The third kappa shape index (κ3) is 2.74. The van der Waals surface area contributed by atoms with Crippen LogP contribution in [0.1, 0.15) is 17.1 Å². The van der Waals surface area contributed by atoms with Crippen LogP contribution in [0.25, 0.3) is 0 Å². The number of aromatic nitrogens is 2. The van der Waals surface area contributed by atoms with Gasteiger partial charge in [0.15, 0.2) is 0 Å². The quantitative estimate of drug-likeness (QED) is 0.835. The summed E-state index contributed by atoms with van der Waals surface area (Å²) >= 11 is 1.90. The van der Waals surface area contributed by atoms with E-state index in [-0.39, 0.29) is 12.0 Å². The zero-order chi connectivity index (χ0) is 13.3. The van der Waals surface area contributed by atoms with E-state index in [1.165, 1.54) is 12.1 Å². The van der Waals surface area contributed by atoms with Gasteiger partial charge in [-0.25, -0.2) is 13.8 Å². The third-order valence-electron chi connectivity index (χ3n) is 2.45. The second-order valence-corrected chi connectivity index (χ2v) is 4.90. The van der Waals surface area contributed by atoms with Crippen LogP contribution in [0, 0.1) is 22.1 Å². The Morgan fingerprint density at radius 3 is 2.72 bits per heavy atom. The highest BCUT2D eigenvalue weighted by Crippen LogP contribution is 2.13. The molecule has 1 N–H and O–H groups in total. The minimum absolute atomic E-state index is 0.124. The first-order valence-electron chi connectivity index (χ1n) is 5.16. The van der Waals surface area contributed by atoms with Gasteiger partial charge < -0.3 is 4.98 Å². The summed E-state index contributed by atoms with van der Waals surface area (Å²) in [7, 11) is 0. The first-order valence-corrected chi connectivity index (χ1v) is 6.24. The smallest absolute Gasteiger partial charge is 0.264 e. The Morgan fingerprint density at radius 2 is 2.11 bits per heavy atom. The van der Waals surface area contributed by atoms with E-state index in [0.29, 0.717) is 20.7 Å². The van der Waals surface area contributed by atoms with Crippen molar-refractivity contribution >= 4 is 22.6 Å². The lowest BCUT2D eigenvalue weighted by Crippen LogP contribution is -2.17. The molecule has 0 fully saturated rings. The van der Waals surface area contributed by atoms with Crippen molar-refractivity contribution in [1.82, 2.24) is 9.97 Å². The highest BCUT2D eigenvalue weighted by molar-refractivity contribution is 14.1. The minimum Gasteiger partial charge on any atom is -0.309 e. The van der Waals surface area contributed by atoms with E-state index in [1.54, 1.807) is 6.92 Å². The maximum Gasteiger partial charge on any atom is 0.264 e. The molecule has 0 unspecified atom stereocenters. The Morgan fingerprint density at radius 1 is 1.39 bits per heavy atom. The molecule has 3 nitrogen and oxygen atoms in total. The summed E-state index contributed by atoms with van der Waals surface area (Å²) in [6.45, 7) is 1.71. The van der Waals surface area contributed by atoms with Gasteiger partial charge in [0.2, 0.25) is 0 Å². The minimum atomic E-state index is -0.645. The van der Waals surface area contributed by atoms with Gasteiger partial charge in [-0.15, -0.1) is 0 Å². The highest BCUT2D eigenvalue weighted by atomic mass is 127. The molecule has 1 aromatic carbocycles. The molecule has 2 aromatic rings. The first-order chi connectivity index (χ1) is 8.47. The van der Waals surface area contributed by atoms with Crippen molar-refractivity contribution in [3.05, 3.63) is 60.8 Å². The van der Waals surface area contributed by atoms with Gasteiger partial charge in [0.1, 0.15) is 17.5 Å². The van der Waals surface area contributed by atoms with Crippen molar-refractivity contribution in [2.24, 2.45) is 0 Å². The summed E-state index contributed by atoms with van der Waals surface area (Å²) in [5.41, 5.74) is 0.637. The molecule has 94 valence electrons. The van der Waals surface area contributed by atoms with Crippen LogP contribution in [0.4, 0.5) is 8.78 Å². The van der Waals surface area contributed by atoms with Gasteiger partial charge in [0.05, 0.1) is 9.26 Å². The lowest BCUT2D eigenvalue weighted by atomic mass is 10.1. The van der Waals surface area contributed by atoms with Crippen LogP contribution < -0.4 is 5.56 Å². The van der Waals surface area contributed by atoms with Crippen LogP contribution in [0.15, 0.2) is 23.0 Å². The summed E-state index contributed by atoms with van der Waals surface area (Å²) in [6.07, 6.45) is 0.124. The summed E-state index contributed by atoms with van der Waals surface area (Å²) < 4.78 is 26.7. The monoisotopic (exact) mass is 362 g/mol. The number of H-pyrrole nitrogens is 1. The van der Waals surface area contributed by atoms with E-state index in [2.05, 4.69) is 9.97 Å². The van der Waals surface area contributed by atoms with Crippen molar-refractivity contribution in [1.29, 1.82) is 0 Å². The van der Waals surface area contributed by atoms with E-state index in [1.807, 2.05) is 22.6 Å². The van der Waals surface area contributed by atoms with Crippen LogP contribution in [0.2, 0.25) is 0 Å². The van der Waals surface area contributed by atoms with E-state index < -0.39 is 11.6 Å². The second kappa shape index (κ2) is 5.13. The Balaban J connectivity index is 2.37. The number of hydrogen-bond donors (Lipinski definition) is 1. The average Bonchev–Trinajstić information content (AvgIpc) is 2.29. The van der Waals surface area contributed by atoms with Gasteiger partial charge in [-0.3, -0.25) is 4.79 Å². The van der Waals surface area contributed by atoms with Crippen molar-refractivity contribution in [2.45, 2.75) is 13.3 Å². The molecule has 18 heavy (non-hydrogen) atoms. The molecule has 0 aliphatic heterocycles. The Kier molecular flexibility index (Phi) is 3.74. The average molecular weight is 362 g/mol. The zero-order valence-corrected chi connectivity index (χ0v) is 11.6. The van der Waals surface area contributed by atoms with Crippen LogP contribution in [0.3, 0.4) is 0 Å². The van der Waals surface area contributed by atoms with E-state index >= 15 is 0 Å². The van der Waals surface area contributed by atoms with Gasteiger partial charge in [-0.2, -0.15) is 0 Å². The van der Waals surface area contributed by atoms with Crippen LogP contribution in [-0.4, -0.2) is 9.97 Å². The fourth-order valence-electron chi connectivity index (χ4n) is 1.56. The number of halogens is 3. The number of nitrogens with zero attached hydrogens (tertiary/aromatic N) is 1. The normalized spacial score (nSPS) is 10.7. The summed E-state index contributed by atoms with van der Waals surface area (Å²) in [5, 5.41) is 0. The number of aromatic amines is 1. The molecule has 0 amide bonds. The molecule has 0 saturated heterocycles. The Bertz CT molecular complexity index is 655. The largest absolute Gasteiger partial charge is 0.309 e. The molecule has 0 aliphatic carbocycles. The number of nitrogens with one attached hydrogen (secondary N) is 1. The van der Waals surface area contributed by atoms with Gasteiger partial charge in [0.25, 0.3) is 5.56 Å². The molecule has 1 aromatic heterocycles. The molecule has 2 rings (SSSR count). The van der Waals surface area contributed by atoms with Crippen molar-refractivity contribution in [3.8, 4) is 0 Å². The lowest BCUT2D eigenvalue weighted by molar-refractivity contribution is 0.573. The molecule has 0 atom stereocenters. The van der Waals surface area contributed by atoms with Gasteiger partial charge in [0, 0.05) is 12.5 Å². The fourth-order valence-corrected chi connectivity index (χ4v) is 1.81. The molecule has 0 bridgehead atoms. The number of benzene rings is 1. The van der Waals surface area contributed by atoms with Crippen molar-refractivity contribution in [3.63, 3.8) is 0 Å². The Labute approximate surface area is 115 Å². The molecular formula is C12H9F2IN2O. The van der Waals surface area contributed by atoms with Crippen molar-refractivity contribution in [2.75, 3.05) is 0 Å². The SMILES string of the molecule is Cc1nc(Cc2ccc(F)cc2F)[nH]c(=O)c1I. The predicted molar refractivity (Wildman–Crippen MR) is 71.5 cm³/mol. The summed E-state index contributed by atoms with van der Waals surface area (Å²) in [5.74, 6) is -0.909. The molecule has 0 aliphatic rings. The second-order valence-electron chi connectivity index (χ2n) is 3.82. The van der Waals surface area contributed by atoms with E-state index in [0.717, 1.165) is 6.07 Å². The molecule has 1 heterocycles. The van der Waals surface area contributed by atoms with E-state index in [4.69, 9.17) is 0 Å². The van der Waals surface area contributed by atoms with Gasteiger partial charge in [-0.05, 0) is 41.1 Å². The van der Waals surface area contributed by atoms with Crippen molar-refractivity contribution < 1.29 is 8.78 Å². The van der Waals surface area contributed by atoms with Gasteiger partial charge in [-0.1, -0.05) is 6.07 Å². The third-order valence-corrected chi connectivity index (χ3v) is 3.72. The standard InChI is InChI=1S/C12H9F2IN2O/c1-6-11(15)12(18)17-10(16-6)4-7-2-3-8(13)5-9(7)14/h2-3,5H,4H2,1H3,(H,16,17,18). The number of rotatable bonds is 2. The predicted octanol–water partition coefficient (Wildman–Crippen LogP) is 2.55. The molecular weight excluding hydrogens is 353 g/mol. The lowest BCUT2D eigenvalue weighted by Gasteiger charge is -2.05. The first kappa shape index (κ1) is 13.1. The van der Waals surface area contributed by atoms with Crippen LogP contribution in [-0.2, 0) is 6.42 Å². The van der Waals surface area contributed by atoms with E-state index in [9.17, 15) is 13.6 Å². The summed E-state index contributed by atoms with van der Waals surface area (Å²) in [4.78, 5) is 18.3. The highest BCUT2D eigenvalue weighted by Gasteiger charge is 2.09. The number of hydrogen-bond acceptors (Lipinski definition) is 2. The molecule has 6 heteroatoms. The topological polar surface area (TPSA) is 45.8 Å². The fraction of sp³-hybridized carbons (Fsp3) is 0.167. The summed E-state index contributed by atoms with van der Waals surface area (Å²) in [6, 6.07) is 3.33. The zero-order valence-electron chi connectivity index (χ0n) is 9.43. The molecule has 0 radical (unpaired) electrons.